The average Bonchev–Trinajstić information content (AvgIpc) is 3.24. The summed E-state index contributed by atoms with van der Waals surface area (Å²) in [5.41, 5.74) is 0.747. The normalized spacial score (nSPS) is 27.0. The van der Waals surface area contributed by atoms with Gasteiger partial charge in [0.1, 0.15) is 5.60 Å². The van der Waals surface area contributed by atoms with Gasteiger partial charge in [0.15, 0.2) is 0 Å². The number of hydrogen-bond donors (Lipinski definition) is 1. The first kappa shape index (κ1) is 19.7. The Morgan fingerprint density at radius 3 is 2.75 bits per heavy atom. The van der Waals surface area contributed by atoms with E-state index < -0.39 is 5.60 Å². The van der Waals surface area contributed by atoms with Gasteiger partial charge in [-0.3, -0.25) is 4.90 Å². The Bertz CT molecular complexity index is 882. The first-order valence-electron chi connectivity index (χ1n) is 9.28. The second kappa shape index (κ2) is 7.67. The minimum atomic E-state index is -1.01. The van der Waals surface area contributed by atoms with Crippen molar-refractivity contribution in [2.24, 2.45) is 11.8 Å². The monoisotopic (exact) mass is 423 g/mol. The molecule has 4 rings (SSSR count). The van der Waals surface area contributed by atoms with Gasteiger partial charge in [0.05, 0.1) is 29.8 Å². The van der Waals surface area contributed by atoms with Crippen molar-refractivity contribution in [3.05, 3.63) is 45.6 Å². The molecular formula is C20H23Cl2N3O3. The van der Waals surface area contributed by atoms with Crippen molar-refractivity contribution < 1.29 is 14.6 Å². The fourth-order valence-corrected chi connectivity index (χ4v) is 4.97. The van der Waals surface area contributed by atoms with Crippen molar-refractivity contribution in [1.29, 1.82) is 0 Å². The molecule has 1 aromatic heterocycles. The Morgan fingerprint density at radius 1 is 1.21 bits per heavy atom. The summed E-state index contributed by atoms with van der Waals surface area (Å²) in [5, 5.41) is 12.7. The van der Waals surface area contributed by atoms with E-state index in [1.165, 1.54) is 7.11 Å². The molecule has 2 fully saturated rings. The maximum Gasteiger partial charge on any atom is 0.319 e. The Hall–Kier alpha value is -1.60. The molecule has 1 saturated carbocycles. The number of fused-ring (bicyclic) bond motifs is 1. The fourth-order valence-electron chi connectivity index (χ4n) is 4.65. The number of ether oxygens (including phenoxy) is 2. The third-order valence-corrected chi connectivity index (χ3v) is 6.73. The average molecular weight is 424 g/mol. The molecule has 2 heterocycles. The Balaban J connectivity index is 1.55. The van der Waals surface area contributed by atoms with Crippen LogP contribution in [0.3, 0.4) is 0 Å². The number of benzene rings is 1. The summed E-state index contributed by atoms with van der Waals surface area (Å²) in [6.07, 6.45) is 3.26. The van der Waals surface area contributed by atoms with Gasteiger partial charge in [-0.05, 0) is 36.5 Å². The van der Waals surface area contributed by atoms with Crippen LogP contribution >= 0.6 is 23.2 Å². The van der Waals surface area contributed by atoms with Crippen LogP contribution in [0.1, 0.15) is 24.0 Å². The Labute approximate surface area is 174 Å². The summed E-state index contributed by atoms with van der Waals surface area (Å²) in [4.78, 5) is 10.8. The van der Waals surface area contributed by atoms with E-state index in [9.17, 15) is 5.11 Å². The third-order valence-electron chi connectivity index (χ3n) is 5.99. The van der Waals surface area contributed by atoms with Crippen LogP contribution in [-0.2, 0) is 12.1 Å². The number of aliphatic hydroxyl groups is 1. The molecule has 0 spiro atoms. The number of methoxy groups -OCH3 is 2. The van der Waals surface area contributed by atoms with Crippen molar-refractivity contribution in [2.75, 3.05) is 27.3 Å². The molecule has 6 nitrogen and oxygen atoms in total. The summed E-state index contributed by atoms with van der Waals surface area (Å²) in [7, 11) is 3.05. The molecule has 1 N–H and O–H groups in total. The predicted molar refractivity (Wildman–Crippen MR) is 107 cm³/mol. The van der Waals surface area contributed by atoms with Crippen molar-refractivity contribution in [2.45, 2.75) is 25.0 Å². The number of aromatic nitrogens is 2. The highest BCUT2D eigenvalue weighted by Gasteiger charge is 2.53. The van der Waals surface area contributed by atoms with Crippen LogP contribution in [-0.4, -0.2) is 47.3 Å². The number of hydrogen-bond acceptors (Lipinski definition) is 6. The number of rotatable bonds is 5. The van der Waals surface area contributed by atoms with Crippen LogP contribution in [0.2, 0.25) is 10.0 Å². The lowest BCUT2D eigenvalue weighted by Gasteiger charge is -2.31. The quantitative estimate of drug-likeness (QED) is 0.792. The molecule has 0 radical (unpaired) electrons. The topological polar surface area (TPSA) is 67.7 Å². The third kappa shape index (κ3) is 3.43. The van der Waals surface area contributed by atoms with Crippen LogP contribution in [0.15, 0.2) is 24.4 Å². The molecular weight excluding hydrogens is 401 g/mol. The Morgan fingerprint density at radius 2 is 2.04 bits per heavy atom. The molecule has 2 aliphatic rings. The highest BCUT2D eigenvalue weighted by Crippen LogP contribution is 2.52. The van der Waals surface area contributed by atoms with Crippen LogP contribution < -0.4 is 9.47 Å². The van der Waals surface area contributed by atoms with Gasteiger partial charge < -0.3 is 14.6 Å². The Kier molecular flexibility index (Phi) is 5.40. The summed E-state index contributed by atoms with van der Waals surface area (Å²) >= 11 is 12.2. The second-order valence-corrected chi connectivity index (χ2v) is 8.37. The van der Waals surface area contributed by atoms with E-state index in [0.29, 0.717) is 33.8 Å². The fraction of sp³-hybridized carbons (Fsp3) is 0.500. The second-order valence-electron chi connectivity index (χ2n) is 7.55. The first-order valence-corrected chi connectivity index (χ1v) is 10.0. The molecule has 0 amide bonds. The molecule has 1 aliphatic heterocycles. The van der Waals surface area contributed by atoms with Gasteiger partial charge in [-0.2, -0.15) is 4.98 Å². The lowest BCUT2D eigenvalue weighted by Crippen LogP contribution is -2.35. The van der Waals surface area contributed by atoms with Crippen molar-refractivity contribution in [3.8, 4) is 11.9 Å². The van der Waals surface area contributed by atoms with E-state index in [1.54, 1.807) is 13.3 Å². The molecule has 1 aromatic carbocycles. The van der Waals surface area contributed by atoms with Crippen LogP contribution in [0.25, 0.3) is 0 Å². The first-order chi connectivity index (χ1) is 13.4. The molecule has 1 aliphatic carbocycles. The minimum absolute atomic E-state index is 0.0983. The van der Waals surface area contributed by atoms with Crippen molar-refractivity contribution in [1.82, 2.24) is 14.9 Å². The van der Waals surface area contributed by atoms with Gasteiger partial charge in [-0.15, -0.1) is 0 Å². The van der Waals surface area contributed by atoms with Gasteiger partial charge in [0.2, 0.25) is 5.88 Å². The van der Waals surface area contributed by atoms with Crippen LogP contribution in [0.5, 0.6) is 11.9 Å². The smallest absolute Gasteiger partial charge is 0.319 e. The lowest BCUT2D eigenvalue weighted by atomic mass is 9.83. The van der Waals surface area contributed by atoms with Crippen LogP contribution in [0.4, 0.5) is 0 Å². The maximum absolute atomic E-state index is 11.6. The summed E-state index contributed by atoms with van der Waals surface area (Å²) < 4.78 is 10.5. The predicted octanol–water partition coefficient (Wildman–Crippen LogP) is 3.53. The van der Waals surface area contributed by atoms with Gasteiger partial charge in [-0.25, -0.2) is 4.98 Å². The molecule has 2 aromatic rings. The van der Waals surface area contributed by atoms with E-state index in [1.807, 2.05) is 18.2 Å². The summed E-state index contributed by atoms with van der Waals surface area (Å²) in [6.45, 7) is 2.50. The van der Waals surface area contributed by atoms with E-state index in [-0.39, 0.29) is 11.9 Å². The van der Waals surface area contributed by atoms with Crippen molar-refractivity contribution in [3.63, 3.8) is 0 Å². The van der Waals surface area contributed by atoms with Gasteiger partial charge >= 0.3 is 6.01 Å². The minimum Gasteiger partial charge on any atom is -0.481 e. The van der Waals surface area contributed by atoms with Crippen LogP contribution in [0, 0.1) is 11.8 Å². The molecule has 28 heavy (non-hydrogen) atoms. The largest absolute Gasteiger partial charge is 0.481 e. The van der Waals surface area contributed by atoms with E-state index >= 15 is 0 Å². The van der Waals surface area contributed by atoms with Gasteiger partial charge in [0.25, 0.3) is 0 Å². The molecule has 0 unspecified atom stereocenters. The van der Waals surface area contributed by atoms with E-state index in [2.05, 4.69) is 14.9 Å². The lowest BCUT2D eigenvalue weighted by molar-refractivity contribution is -0.00972. The SMILES string of the molecule is COc1ncc([C@]2(O)CC[C@H]3CN(Cc4ccc(Cl)c(Cl)c4)C[C@H]32)c(OC)n1. The number of likely N-dealkylation sites (tertiary alicyclic amines) is 1. The molecule has 1 saturated heterocycles. The zero-order chi connectivity index (χ0) is 19.9. The van der Waals surface area contributed by atoms with Gasteiger partial charge in [-0.1, -0.05) is 29.3 Å². The number of nitrogens with zero attached hydrogens (tertiary/aromatic N) is 3. The highest BCUT2D eigenvalue weighted by atomic mass is 35.5. The zero-order valence-electron chi connectivity index (χ0n) is 15.9. The van der Waals surface area contributed by atoms with E-state index in [4.69, 9.17) is 32.7 Å². The zero-order valence-corrected chi connectivity index (χ0v) is 17.4. The number of halogens is 2. The standard InChI is InChI=1S/C20H23Cl2N3O3/c1-27-18-14(8-23-19(24-18)28-2)20(26)6-5-13-10-25(11-15(13)20)9-12-3-4-16(21)17(22)7-12/h3-4,7-8,13,15,26H,5-6,9-11H2,1-2H3/t13-,15+,20+/m0/s1. The summed E-state index contributed by atoms with van der Waals surface area (Å²) in [6, 6.07) is 5.96. The maximum atomic E-state index is 11.6. The summed E-state index contributed by atoms with van der Waals surface area (Å²) in [5.74, 6) is 0.888. The molecule has 150 valence electrons. The molecule has 3 atom stereocenters. The molecule has 0 bridgehead atoms. The van der Waals surface area contributed by atoms with E-state index in [0.717, 1.165) is 31.6 Å². The van der Waals surface area contributed by atoms with Gasteiger partial charge in [0, 0.05) is 31.7 Å². The molecule has 8 heteroatoms. The highest BCUT2D eigenvalue weighted by molar-refractivity contribution is 6.42. The van der Waals surface area contributed by atoms with Crippen molar-refractivity contribution >= 4 is 23.2 Å².